The fourth-order valence-corrected chi connectivity index (χ4v) is 2.48. The van der Waals surface area contributed by atoms with Crippen LogP contribution in [0.4, 0.5) is 0 Å². The molecule has 1 aliphatic rings. The lowest BCUT2D eigenvalue weighted by Gasteiger charge is -2.34. The molecule has 0 saturated heterocycles. The molecule has 0 aromatic carbocycles. The molecule has 0 heterocycles. The smallest absolute Gasteiger partial charge is 0.139 e. The van der Waals surface area contributed by atoms with Crippen molar-refractivity contribution in [3.8, 4) is 0 Å². The van der Waals surface area contributed by atoms with Gasteiger partial charge in [0.05, 0.1) is 0 Å². The highest BCUT2D eigenvalue weighted by molar-refractivity contribution is 5.85. The van der Waals surface area contributed by atoms with Crippen molar-refractivity contribution in [2.75, 3.05) is 0 Å². The second-order valence-electron chi connectivity index (χ2n) is 4.37. The first-order chi connectivity index (χ1) is 6.25. The summed E-state index contributed by atoms with van der Waals surface area (Å²) in [6.45, 7) is 4.38. The Balaban J connectivity index is 2.59. The molecule has 1 fully saturated rings. The van der Waals surface area contributed by atoms with E-state index in [-0.39, 0.29) is 5.41 Å². The van der Waals surface area contributed by atoms with E-state index in [9.17, 15) is 4.79 Å². The lowest BCUT2D eigenvalue weighted by Crippen LogP contribution is -2.33. The third-order valence-corrected chi connectivity index (χ3v) is 3.59. The molecule has 1 atom stereocenters. The highest BCUT2D eigenvalue weighted by Gasteiger charge is 2.36. The average molecular weight is 182 g/mol. The zero-order chi connectivity index (χ0) is 9.73. The Morgan fingerprint density at radius 3 is 2.62 bits per heavy atom. The monoisotopic (exact) mass is 182 g/mol. The van der Waals surface area contributed by atoms with Crippen molar-refractivity contribution < 1.29 is 4.79 Å². The normalized spacial score (nSPS) is 29.2. The van der Waals surface area contributed by atoms with Crippen molar-refractivity contribution in [3.63, 3.8) is 0 Å². The van der Waals surface area contributed by atoms with Crippen LogP contribution in [0.5, 0.6) is 0 Å². The minimum absolute atomic E-state index is 0.0915. The van der Waals surface area contributed by atoms with Gasteiger partial charge in [-0.25, -0.2) is 0 Å². The molecule has 0 radical (unpaired) electrons. The highest BCUT2D eigenvalue weighted by Crippen LogP contribution is 2.40. The zero-order valence-corrected chi connectivity index (χ0v) is 9.07. The molecular weight excluding hydrogens is 160 g/mol. The summed E-state index contributed by atoms with van der Waals surface area (Å²) >= 11 is 0. The minimum atomic E-state index is 0.0915. The predicted molar refractivity (Wildman–Crippen MR) is 55.7 cm³/mol. The topological polar surface area (TPSA) is 17.1 Å². The van der Waals surface area contributed by atoms with Crippen LogP contribution in [0.1, 0.15) is 65.2 Å². The van der Waals surface area contributed by atoms with Crippen molar-refractivity contribution in [1.29, 1.82) is 0 Å². The molecule has 1 heteroatoms. The van der Waals surface area contributed by atoms with E-state index in [1.54, 1.807) is 0 Å². The lowest BCUT2D eigenvalue weighted by molar-refractivity contribution is -0.132. The van der Waals surface area contributed by atoms with Crippen LogP contribution in [0.3, 0.4) is 0 Å². The van der Waals surface area contributed by atoms with E-state index in [0.717, 1.165) is 32.1 Å². The summed E-state index contributed by atoms with van der Waals surface area (Å²) in [5.74, 6) is 0.551. The molecule has 13 heavy (non-hydrogen) atoms. The van der Waals surface area contributed by atoms with Crippen molar-refractivity contribution in [2.45, 2.75) is 65.2 Å². The van der Waals surface area contributed by atoms with E-state index >= 15 is 0 Å². The highest BCUT2D eigenvalue weighted by atomic mass is 16.1. The number of ketones is 1. The van der Waals surface area contributed by atoms with Crippen LogP contribution in [-0.2, 0) is 4.79 Å². The van der Waals surface area contributed by atoms with E-state index in [2.05, 4.69) is 13.8 Å². The van der Waals surface area contributed by atoms with E-state index in [1.165, 1.54) is 19.3 Å². The van der Waals surface area contributed by atoms with Gasteiger partial charge in [-0.3, -0.25) is 4.79 Å². The molecule has 0 bridgehead atoms. The van der Waals surface area contributed by atoms with Crippen LogP contribution >= 0.6 is 0 Å². The first-order valence-electron chi connectivity index (χ1n) is 5.78. The van der Waals surface area contributed by atoms with Gasteiger partial charge in [0.15, 0.2) is 0 Å². The zero-order valence-electron chi connectivity index (χ0n) is 9.07. The molecular formula is C12H22O. The standard InChI is InChI=1S/C12H22O/c1-3-5-9-12(4-2)10-7-6-8-11(12)13/h3-10H2,1-2H3. The van der Waals surface area contributed by atoms with Crippen LogP contribution in [0.2, 0.25) is 0 Å². The maximum Gasteiger partial charge on any atom is 0.139 e. The average Bonchev–Trinajstić information content (AvgIpc) is 2.17. The summed E-state index contributed by atoms with van der Waals surface area (Å²) in [5, 5.41) is 0. The predicted octanol–water partition coefficient (Wildman–Crippen LogP) is 3.72. The quantitative estimate of drug-likeness (QED) is 0.647. The summed E-state index contributed by atoms with van der Waals surface area (Å²) in [6.07, 6.45) is 9.04. The Kier molecular flexibility index (Phi) is 3.95. The molecule has 1 aliphatic carbocycles. The third-order valence-electron chi connectivity index (χ3n) is 3.59. The van der Waals surface area contributed by atoms with Gasteiger partial charge in [0, 0.05) is 11.8 Å². The Morgan fingerprint density at radius 2 is 2.08 bits per heavy atom. The Hall–Kier alpha value is -0.330. The fourth-order valence-electron chi connectivity index (χ4n) is 2.48. The summed E-state index contributed by atoms with van der Waals surface area (Å²) < 4.78 is 0. The first kappa shape index (κ1) is 10.7. The van der Waals surface area contributed by atoms with Crippen LogP contribution in [0, 0.1) is 5.41 Å². The Morgan fingerprint density at radius 1 is 1.31 bits per heavy atom. The molecule has 0 N–H and O–H groups in total. The summed E-state index contributed by atoms with van der Waals surface area (Å²) in [6, 6.07) is 0. The van der Waals surface area contributed by atoms with Gasteiger partial charge < -0.3 is 0 Å². The number of carbonyl (C=O) groups is 1. The molecule has 1 rings (SSSR count). The summed E-state index contributed by atoms with van der Waals surface area (Å²) in [4.78, 5) is 11.9. The molecule has 1 nitrogen and oxygen atoms in total. The number of unbranched alkanes of at least 4 members (excludes halogenated alkanes) is 1. The first-order valence-corrected chi connectivity index (χ1v) is 5.78. The molecule has 0 spiro atoms. The van der Waals surface area contributed by atoms with Crippen LogP contribution < -0.4 is 0 Å². The molecule has 0 amide bonds. The van der Waals surface area contributed by atoms with Crippen molar-refractivity contribution in [3.05, 3.63) is 0 Å². The van der Waals surface area contributed by atoms with Gasteiger partial charge in [0.25, 0.3) is 0 Å². The third kappa shape index (κ3) is 2.32. The van der Waals surface area contributed by atoms with Gasteiger partial charge in [0.2, 0.25) is 0 Å². The van der Waals surface area contributed by atoms with Crippen molar-refractivity contribution in [1.82, 2.24) is 0 Å². The number of carbonyl (C=O) groups excluding carboxylic acids is 1. The SMILES string of the molecule is CCCCC1(CC)CCCCC1=O. The molecule has 0 aromatic rings. The minimum Gasteiger partial charge on any atom is -0.299 e. The largest absolute Gasteiger partial charge is 0.299 e. The lowest BCUT2D eigenvalue weighted by atomic mass is 9.68. The van der Waals surface area contributed by atoms with Gasteiger partial charge in [0.1, 0.15) is 5.78 Å². The summed E-state index contributed by atoms with van der Waals surface area (Å²) in [5.41, 5.74) is 0.0915. The van der Waals surface area contributed by atoms with E-state index in [4.69, 9.17) is 0 Å². The van der Waals surface area contributed by atoms with Gasteiger partial charge in [-0.2, -0.15) is 0 Å². The van der Waals surface area contributed by atoms with Crippen LogP contribution in [0.25, 0.3) is 0 Å². The van der Waals surface area contributed by atoms with E-state index in [0.29, 0.717) is 5.78 Å². The fraction of sp³-hybridized carbons (Fsp3) is 0.917. The maximum absolute atomic E-state index is 11.9. The van der Waals surface area contributed by atoms with Crippen LogP contribution in [-0.4, -0.2) is 5.78 Å². The number of rotatable bonds is 4. The van der Waals surface area contributed by atoms with Crippen LogP contribution in [0.15, 0.2) is 0 Å². The van der Waals surface area contributed by atoms with Crippen molar-refractivity contribution in [2.24, 2.45) is 5.41 Å². The van der Waals surface area contributed by atoms with Gasteiger partial charge in [-0.05, 0) is 25.7 Å². The summed E-state index contributed by atoms with van der Waals surface area (Å²) in [7, 11) is 0. The number of hydrogen-bond acceptors (Lipinski definition) is 1. The van der Waals surface area contributed by atoms with E-state index < -0.39 is 0 Å². The molecule has 0 aliphatic heterocycles. The van der Waals surface area contributed by atoms with Gasteiger partial charge in [-0.15, -0.1) is 0 Å². The molecule has 1 unspecified atom stereocenters. The number of Topliss-reactive ketones (excluding diaryl/α,β-unsaturated/α-hetero) is 1. The Bertz CT molecular complexity index is 174. The molecule has 76 valence electrons. The molecule has 0 aromatic heterocycles. The second kappa shape index (κ2) is 4.78. The maximum atomic E-state index is 11.9. The van der Waals surface area contributed by atoms with E-state index in [1.807, 2.05) is 0 Å². The molecule has 1 saturated carbocycles. The Labute approximate surface area is 81.9 Å². The second-order valence-corrected chi connectivity index (χ2v) is 4.37. The van der Waals surface area contributed by atoms with Gasteiger partial charge in [-0.1, -0.05) is 33.1 Å². The number of hydrogen-bond donors (Lipinski definition) is 0. The van der Waals surface area contributed by atoms with Crippen molar-refractivity contribution >= 4 is 5.78 Å². The van der Waals surface area contributed by atoms with Gasteiger partial charge >= 0.3 is 0 Å².